The summed E-state index contributed by atoms with van der Waals surface area (Å²) in [5.41, 5.74) is 8.41. The van der Waals surface area contributed by atoms with E-state index in [0.717, 1.165) is 29.8 Å². The van der Waals surface area contributed by atoms with Crippen molar-refractivity contribution in [2.24, 2.45) is 5.73 Å². The maximum absolute atomic E-state index is 12.6. The van der Waals surface area contributed by atoms with Gasteiger partial charge in [0.2, 0.25) is 0 Å². The van der Waals surface area contributed by atoms with E-state index in [1.807, 2.05) is 28.9 Å². The molecule has 2 N–H and O–H groups in total. The molecule has 1 aromatic heterocycles. The van der Waals surface area contributed by atoms with Gasteiger partial charge >= 0.3 is 51.9 Å². The van der Waals surface area contributed by atoms with Crippen LogP contribution in [0.15, 0.2) is 12.1 Å². The number of carboxylic acid groups (broad SMARTS) is 1. The van der Waals surface area contributed by atoms with Gasteiger partial charge in [-0.3, -0.25) is 29.3 Å². The van der Waals surface area contributed by atoms with E-state index >= 15 is 0 Å². The largest absolute Gasteiger partial charge is 3.00 e. The van der Waals surface area contributed by atoms with E-state index in [-0.39, 0.29) is 51.9 Å². The number of aryl methyl sites for hydroxylation is 1. The summed E-state index contributed by atoms with van der Waals surface area (Å²) >= 11 is 0. The minimum atomic E-state index is -1.18. The zero-order valence-corrected chi connectivity index (χ0v) is 25.4. The maximum Gasteiger partial charge on any atom is 3.00 e. The standard InChI is InChI=1S/C26H43N5O6.Gd/c1-6-23(26(35)37-5)31-13-11-29(18(2)24(32)33)10-12-30(19(3)25(34)36-4)16-21-14-20(8-7-9-27)15-22(17-31)28-21;/h14-15,18-19,23H,6-13,16-17,27H2,1-5H3,(H,32,33);/q;+3/p-1. The first-order valence-corrected chi connectivity index (χ1v) is 12.9. The Kier molecular flexibility index (Phi) is 15.9. The average molecular weight is 678 g/mol. The summed E-state index contributed by atoms with van der Waals surface area (Å²) in [6, 6.07) is 2.15. The number of aromatic nitrogens is 1. The van der Waals surface area contributed by atoms with E-state index in [1.165, 1.54) is 14.2 Å². The molecule has 213 valence electrons. The van der Waals surface area contributed by atoms with Crippen LogP contribution in [0.25, 0.3) is 0 Å². The van der Waals surface area contributed by atoms with Crippen molar-refractivity contribution in [2.75, 3.05) is 46.9 Å². The maximum atomic E-state index is 12.6. The molecule has 2 bridgehead atoms. The quantitative estimate of drug-likeness (QED) is 0.322. The third-order valence-corrected chi connectivity index (χ3v) is 7.02. The molecule has 0 spiro atoms. The van der Waals surface area contributed by atoms with Crippen molar-refractivity contribution in [3.63, 3.8) is 0 Å². The number of nitrogens with zero attached hydrogens (tertiary/aromatic N) is 4. The van der Waals surface area contributed by atoms with Crippen molar-refractivity contribution in [1.29, 1.82) is 0 Å². The number of esters is 2. The van der Waals surface area contributed by atoms with Gasteiger partial charge in [-0.15, -0.1) is 0 Å². The van der Waals surface area contributed by atoms with Gasteiger partial charge in [-0.25, -0.2) is 0 Å². The van der Waals surface area contributed by atoms with Crippen LogP contribution in [0.5, 0.6) is 0 Å². The molecule has 38 heavy (non-hydrogen) atoms. The minimum Gasteiger partial charge on any atom is -0.548 e. The number of ether oxygens (including phenoxy) is 2. The van der Waals surface area contributed by atoms with Crippen molar-refractivity contribution >= 4 is 17.9 Å². The zero-order chi connectivity index (χ0) is 27.5. The molecule has 12 heteroatoms. The predicted molar refractivity (Wildman–Crippen MR) is 136 cm³/mol. The number of aliphatic carboxylic acids is 1. The third-order valence-electron chi connectivity index (χ3n) is 7.02. The van der Waals surface area contributed by atoms with Crippen LogP contribution < -0.4 is 10.8 Å². The fraction of sp³-hybridized carbons (Fsp3) is 0.692. The molecule has 11 nitrogen and oxygen atoms in total. The number of hydrogen-bond acceptors (Lipinski definition) is 11. The molecule has 1 aliphatic heterocycles. The average Bonchev–Trinajstić information content (AvgIpc) is 2.89. The van der Waals surface area contributed by atoms with Crippen LogP contribution >= 0.6 is 0 Å². The first kappa shape index (κ1) is 34.8. The summed E-state index contributed by atoms with van der Waals surface area (Å²) < 4.78 is 10.0. The number of rotatable bonds is 10. The molecule has 3 unspecified atom stereocenters. The molecular formula is C26H42GdN5O6+2. The van der Waals surface area contributed by atoms with Crippen molar-refractivity contribution in [3.8, 4) is 0 Å². The Labute approximate surface area is 258 Å². The van der Waals surface area contributed by atoms with Crippen LogP contribution in [0.4, 0.5) is 0 Å². The van der Waals surface area contributed by atoms with E-state index in [0.29, 0.717) is 52.2 Å². The molecule has 0 amide bonds. The van der Waals surface area contributed by atoms with Gasteiger partial charge in [0.15, 0.2) is 0 Å². The zero-order valence-electron chi connectivity index (χ0n) is 23.1. The SMILES string of the molecule is CCC(C(=O)OC)N1CCN(C(C)C(=O)[O-])CCN(C(C)C(=O)OC)Cc2cc(CCCN)cc(n2)C1.[Gd+3]. The number of fused-ring (bicyclic) bond motifs is 2. The van der Waals surface area contributed by atoms with Crippen LogP contribution in [-0.2, 0) is 43.4 Å². The second kappa shape index (κ2) is 17.4. The summed E-state index contributed by atoms with van der Waals surface area (Å²) in [5, 5.41) is 11.8. The second-order valence-electron chi connectivity index (χ2n) is 9.47. The Hall–Kier alpha value is -1.28. The monoisotopic (exact) mass is 678 g/mol. The third kappa shape index (κ3) is 10.0. The molecule has 0 aromatic carbocycles. The summed E-state index contributed by atoms with van der Waals surface area (Å²) in [6.45, 7) is 8.19. The summed E-state index contributed by atoms with van der Waals surface area (Å²) in [5.74, 6) is -1.89. The molecule has 1 aromatic rings. The normalized spacial score (nSPS) is 18.2. The molecule has 0 fully saturated rings. The number of nitrogens with two attached hydrogens (primary N) is 1. The van der Waals surface area contributed by atoms with Crippen molar-refractivity contribution < 1.29 is 68.9 Å². The summed E-state index contributed by atoms with van der Waals surface area (Å²) in [6.07, 6.45) is 2.15. The molecular weight excluding hydrogens is 636 g/mol. The number of methoxy groups -OCH3 is 2. The minimum absolute atomic E-state index is 0. The number of pyridine rings is 1. The number of hydrogen-bond donors (Lipinski definition) is 1. The van der Waals surface area contributed by atoms with Crippen molar-refractivity contribution in [2.45, 2.75) is 71.2 Å². The number of carboxylic acids is 1. The molecule has 1 aliphatic rings. The molecule has 1 radical (unpaired) electrons. The second-order valence-corrected chi connectivity index (χ2v) is 9.47. The van der Waals surface area contributed by atoms with Gasteiger partial charge in [-0.2, -0.15) is 0 Å². The van der Waals surface area contributed by atoms with Gasteiger partial charge < -0.3 is 25.1 Å². The van der Waals surface area contributed by atoms with Crippen molar-refractivity contribution in [1.82, 2.24) is 19.7 Å². The Balaban J connectivity index is 0.00000722. The molecule has 2 rings (SSSR count). The summed E-state index contributed by atoms with van der Waals surface area (Å²) in [4.78, 5) is 47.5. The van der Waals surface area contributed by atoms with E-state index in [4.69, 9.17) is 20.2 Å². The fourth-order valence-electron chi connectivity index (χ4n) is 4.69. The molecule has 0 saturated heterocycles. The van der Waals surface area contributed by atoms with Gasteiger partial charge in [0.05, 0.1) is 31.6 Å². The van der Waals surface area contributed by atoms with E-state index < -0.39 is 24.1 Å². The number of carbonyl (C=O) groups is 3. The van der Waals surface area contributed by atoms with Gasteiger partial charge in [0.25, 0.3) is 0 Å². The van der Waals surface area contributed by atoms with E-state index in [9.17, 15) is 19.5 Å². The topological polar surface area (TPSA) is 141 Å². The van der Waals surface area contributed by atoms with E-state index in [1.54, 1.807) is 18.7 Å². The Bertz CT molecular complexity index is 920. The smallest absolute Gasteiger partial charge is 0.548 e. The first-order chi connectivity index (χ1) is 17.6. The summed E-state index contributed by atoms with van der Waals surface area (Å²) in [7, 11) is 2.72. The molecule has 3 atom stereocenters. The first-order valence-electron chi connectivity index (χ1n) is 12.9. The Morgan fingerprint density at radius 2 is 1.47 bits per heavy atom. The van der Waals surface area contributed by atoms with Gasteiger partial charge in [0, 0.05) is 45.3 Å². The number of carbonyl (C=O) groups excluding carboxylic acids is 3. The van der Waals surface area contributed by atoms with Crippen LogP contribution in [-0.4, -0.2) is 103 Å². The molecule has 0 saturated carbocycles. The predicted octanol–water partition coefficient (Wildman–Crippen LogP) is -0.456. The van der Waals surface area contributed by atoms with Gasteiger partial charge in [-0.1, -0.05) is 6.92 Å². The van der Waals surface area contributed by atoms with Crippen molar-refractivity contribution in [3.05, 3.63) is 29.1 Å². The van der Waals surface area contributed by atoms with Gasteiger partial charge in [0.1, 0.15) is 12.1 Å². The van der Waals surface area contributed by atoms with Crippen LogP contribution in [0, 0.1) is 39.9 Å². The molecule has 2 heterocycles. The molecule has 0 aliphatic carbocycles. The van der Waals surface area contributed by atoms with E-state index in [2.05, 4.69) is 0 Å². The van der Waals surface area contributed by atoms with Crippen LogP contribution in [0.1, 0.15) is 50.6 Å². The van der Waals surface area contributed by atoms with Crippen LogP contribution in [0.2, 0.25) is 0 Å². The Morgan fingerprint density at radius 1 is 0.947 bits per heavy atom. The fourth-order valence-corrected chi connectivity index (χ4v) is 4.69. The Morgan fingerprint density at radius 3 is 1.97 bits per heavy atom. The van der Waals surface area contributed by atoms with Gasteiger partial charge in [-0.05, 0) is 57.4 Å². The van der Waals surface area contributed by atoms with Crippen LogP contribution in [0.3, 0.4) is 0 Å².